The summed E-state index contributed by atoms with van der Waals surface area (Å²) in [5.41, 5.74) is 2.60. The fourth-order valence-electron chi connectivity index (χ4n) is 2.39. The Labute approximate surface area is 148 Å². The normalized spacial score (nSPS) is 11.9. The molecule has 0 aliphatic rings. The Kier molecular flexibility index (Phi) is 7.52. The molecule has 1 aromatic heterocycles. The highest BCUT2D eigenvalue weighted by Gasteiger charge is 2.16. The minimum atomic E-state index is 0.0771. The molecule has 0 aliphatic carbocycles. The van der Waals surface area contributed by atoms with Gasteiger partial charge in [-0.25, -0.2) is 0 Å². The van der Waals surface area contributed by atoms with Gasteiger partial charge in [0.15, 0.2) is 5.11 Å². The monoisotopic (exact) mass is 348 g/mol. The maximum absolute atomic E-state index is 5.41. The Morgan fingerprint density at radius 3 is 2.65 bits per heavy atom. The van der Waals surface area contributed by atoms with Gasteiger partial charge in [-0.3, -0.25) is 0 Å². The van der Waals surface area contributed by atoms with Crippen molar-refractivity contribution in [1.82, 2.24) is 10.6 Å². The highest BCUT2D eigenvalue weighted by molar-refractivity contribution is 7.80. The molecule has 2 aromatic rings. The first-order valence-electron chi connectivity index (χ1n) is 7.90. The van der Waals surface area contributed by atoms with Crippen LogP contribution < -0.4 is 10.6 Å². The van der Waals surface area contributed by atoms with Crippen LogP contribution in [0.25, 0.3) is 0 Å². The predicted octanol–water partition coefficient (Wildman–Crippen LogP) is 3.90. The third-order valence-electron chi connectivity index (χ3n) is 3.55. The Balaban J connectivity index is 2.10. The number of methoxy groups -OCH3 is 1. The van der Waals surface area contributed by atoms with Gasteiger partial charge in [-0.2, -0.15) is 0 Å². The Bertz CT molecular complexity index is 582. The zero-order valence-electron chi connectivity index (χ0n) is 13.7. The summed E-state index contributed by atoms with van der Waals surface area (Å²) in [4.78, 5) is 1.25. The van der Waals surface area contributed by atoms with E-state index in [4.69, 9.17) is 17.0 Å². The van der Waals surface area contributed by atoms with Gasteiger partial charge in [0.05, 0.1) is 12.6 Å². The summed E-state index contributed by atoms with van der Waals surface area (Å²) in [5, 5.41) is 9.34. The van der Waals surface area contributed by atoms with E-state index in [-0.39, 0.29) is 6.04 Å². The van der Waals surface area contributed by atoms with Gasteiger partial charge < -0.3 is 15.4 Å². The van der Waals surface area contributed by atoms with E-state index in [1.54, 1.807) is 18.4 Å². The van der Waals surface area contributed by atoms with Gasteiger partial charge in [0.2, 0.25) is 0 Å². The standard InChI is InChI=1S/C18H24N2OS2/c1-3-5-14-7-9-15(10-8-14)17(16-6-4-13-23-16)20-18(22)19-11-12-21-2/h4,6-10,13,17H,3,5,11-12H2,1-2H3,(H2,19,20,22)/t17-/m1/s1. The molecule has 5 heteroatoms. The predicted molar refractivity (Wildman–Crippen MR) is 102 cm³/mol. The summed E-state index contributed by atoms with van der Waals surface area (Å²) in [5.74, 6) is 0. The van der Waals surface area contributed by atoms with Crippen LogP contribution in [-0.4, -0.2) is 25.4 Å². The van der Waals surface area contributed by atoms with Crippen LogP contribution in [0.4, 0.5) is 0 Å². The second-order valence-corrected chi connectivity index (χ2v) is 6.72. The molecule has 0 fully saturated rings. The number of rotatable bonds is 8. The zero-order chi connectivity index (χ0) is 16.5. The van der Waals surface area contributed by atoms with E-state index < -0.39 is 0 Å². The quantitative estimate of drug-likeness (QED) is 0.560. The molecule has 1 atom stereocenters. The number of hydrogen-bond acceptors (Lipinski definition) is 3. The van der Waals surface area contributed by atoms with Crippen LogP contribution in [0.1, 0.15) is 35.4 Å². The van der Waals surface area contributed by atoms with Gasteiger partial charge in [-0.1, -0.05) is 43.7 Å². The van der Waals surface area contributed by atoms with E-state index in [2.05, 4.69) is 59.3 Å². The maximum atomic E-state index is 5.41. The van der Waals surface area contributed by atoms with Crippen LogP contribution in [0, 0.1) is 0 Å². The summed E-state index contributed by atoms with van der Waals surface area (Å²) < 4.78 is 5.04. The lowest BCUT2D eigenvalue weighted by atomic mass is 10.0. The Morgan fingerprint density at radius 1 is 1.26 bits per heavy atom. The maximum Gasteiger partial charge on any atom is 0.167 e. The number of ether oxygens (including phenoxy) is 1. The molecule has 23 heavy (non-hydrogen) atoms. The largest absolute Gasteiger partial charge is 0.383 e. The zero-order valence-corrected chi connectivity index (χ0v) is 15.3. The minimum Gasteiger partial charge on any atom is -0.383 e. The molecular formula is C18H24N2OS2. The molecule has 2 rings (SSSR count). The van der Waals surface area contributed by atoms with E-state index in [9.17, 15) is 0 Å². The van der Waals surface area contributed by atoms with Gasteiger partial charge in [-0.15, -0.1) is 11.3 Å². The van der Waals surface area contributed by atoms with Gasteiger partial charge in [0.1, 0.15) is 0 Å². The van der Waals surface area contributed by atoms with Gasteiger partial charge in [0.25, 0.3) is 0 Å². The molecule has 0 aliphatic heterocycles. The van der Waals surface area contributed by atoms with Crippen molar-refractivity contribution in [3.63, 3.8) is 0 Å². The van der Waals surface area contributed by atoms with E-state index in [0.717, 1.165) is 6.42 Å². The molecule has 0 radical (unpaired) electrons. The third kappa shape index (κ3) is 5.61. The van der Waals surface area contributed by atoms with Gasteiger partial charge in [-0.05, 0) is 41.2 Å². The Hall–Kier alpha value is -1.43. The molecule has 124 valence electrons. The van der Waals surface area contributed by atoms with E-state index in [1.807, 2.05) is 0 Å². The lowest BCUT2D eigenvalue weighted by Gasteiger charge is -2.21. The number of thiocarbonyl (C=S) groups is 1. The van der Waals surface area contributed by atoms with E-state index >= 15 is 0 Å². The molecule has 1 aromatic carbocycles. The summed E-state index contributed by atoms with van der Waals surface area (Å²) in [6, 6.07) is 13.1. The molecular weight excluding hydrogens is 324 g/mol. The fraction of sp³-hybridized carbons (Fsp3) is 0.389. The number of hydrogen-bond donors (Lipinski definition) is 2. The number of benzene rings is 1. The first-order valence-corrected chi connectivity index (χ1v) is 9.19. The second kappa shape index (κ2) is 9.65. The third-order valence-corrected chi connectivity index (χ3v) is 4.75. The first-order chi connectivity index (χ1) is 11.2. The van der Waals surface area contributed by atoms with Crippen LogP contribution in [0.15, 0.2) is 41.8 Å². The molecule has 0 spiro atoms. The lowest BCUT2D eigenvalue weighted by molar-refractivity contribution is 0.204. The lowest BCUT2D eigenvalue weighted by Crippen LogP contribution is -2.39. The molecule has 0 bridgehead atoms. The van der Waals surface area contributed by atoms with Crippen molar-refractivity contribution in [3.05, 3.63) is 57.8 Å². The molecule has 0 amide bonds. The fourth-order valence-corrected chi connectivity index (χ4v) is 3.41. The van der Waals surface area contributed by atoms with Crippen LogP contribution in [-0.2, 0) is 11.2 Å². The summed E-state index contributed by atoms with van der Waals surface area (Å²) in [6.07, 6.45) is 2.29. The van der Waals surface area contributed by atoms with Crippen molar-refractivity contribution < 1.29 is 4.74 Å². The van der Waals surface area contributed by atoms with Crippen molar-refractivity contribution in [3.8, 4) is 0 Å². The van der Waals surface area contributed by atoms with Gasteiger partial charge >= 0.3 is 0 Å². The van der Waals surface area contributed by atoms with Crippen LogP contribution in [0.5, 0.6) is 0 Å². The van der Waals surface area contributed by atoms with Crippen molar-refractivity contribution in [2.24, 2.45) is 0 Å². The van der Waals surface area contributed by atoms with Crippen molar-refractivity contribution in [2.45, 2.75) is 25.8 Å². The number of aryl methyl sites for hydroxylation is 1. The molecule has 0 saturated carbocycles. The van der Waals surface area contributed by atoms with Gasteiger partial charge in [0, 0.05) is 18.5 Å². The highest BCUT2D eigenvalue weighted by Crippen LogP contribution is 2.26. The van der Waals surface area contributed by atoms with Crippen molar-refractivity contribution in [1.29, 1.82) is 0 Å². The van der Waals surface area contributed by atoms with Crippen molar-refractivity contribution in [2.75, 3.05) is 20.3 Å². The molecule has 0 unspecified atom stereocenters. The summed E-state index contributed by atoms with van der Waals surface area (Å²) in [7, 11) is 1.68. The van der Waals surface area contributed by atoms with Crippen LogP contribution in [0.3, 0.4) is 0 Å². The SMILES string of the molecule is CCCc1ccc([C@@H](NC(=S)NCCOC)c2cccs2)cc1. The van der Waals surface area contributed by atoms with Crippen LogP contribution >= 0.6 is 23.6 Å². The molecule has 0 saturated heterocycles. The topological polar surface area (TPSA) is 33.3 Å². The molecule has 3 nitrogen and oxygen atoms in total. The average molecular weight is 349 g/mol. The average Bonchev–Trinajstić information content (AvgIpc) is 3.08. The minimum absolute atomic E-state index is 0.0771. The van der Waals surface area contributed by atoms with E-state index in [0.29, 0.717) is 18.3 Å². The van der Waals surface area contributed by atoms with Crippen LogP contribution in [0.2, 0.25) is 0 Å². The Morgan fingerprint density at radius 2 is 2.04 bits per heavy atom. The summed E-state index contributed by atoms with van der Waals surface area (Å²) >= 11 is 7.15. The summed E-state index contributed by atoms with van der Waals surface area (Å²) in [6.45, 7) is 3.54. The molecule has 1 heterocycles. The number of nitrogens with one attached hydrogen (secondary N) is 2. The van der Waals surface area contributed by atoms with Crippen molar-refractivity contribution >= 4 is 28.7 Å². The van der Waals surface area contributed by atoms with E-state index in [1.165, 1.54) is 22.4 Å². The second-order valence-electron chi connectivity index (χ2n) is 5.33. The highest BCUT2D eigenvalue weighted by atomic mass is 32.1. The first kappa shape index (κ1) is 17.9. The smallest absolute Gasteiger partial charge is 0.167 e. The molecule has 2 N–H and O–H groups in total. The number of thiophene rings is 1.